The summed E-state index contributed by atoms with van der Waals surface area (Å²) < 4.78 is 0.625. The number of nitrogens with one attached hydrogen (secondary N) is 2. The molecule has 1 amide bonds. The smallest absolute Gasteiger partial charge is 0.265 e. The molecular formula is C14H13ClN2OS. The van der Waals surface area contributed by atoms with E-state index in [4.69, 9.17) is 11.6 Å². The normalized spacial score (nSPS) is 13.5. The van der Waals surface area contributed by atoms with Gasteiger partial charge in [-0.15, -0.1) is 11.3 Å². The highest BCUT2D eigenvalue weighted by Crippen LogP contribution is 2.26. The van der Waals surface area contributed by atoms with Crippen LogP contribution in [0.25, 0.3) is 0 Å². The Bertz CT molecular complexity index is 624. The zero-order valence-corrected chi connectivity index (χ0v) is 11.8. The molecule has 0 radical (unpaired) electrons. The Labute approximate surface area is 120 Å². The van der Waals surface area contributed by atoms with Crippen molar-refractivity contribution in [1.82, 2.24) is 0 Å². The van der Waals surface area contributed by atoms with Gasteiger partial charge in [0.25, 0.3) is 5.91 Å². The monoisotopic (exact) mass is 292 g/mol. The minimum absolute atomic E-state index is 0.111. The number of halogens is 1. The van der Waals surface area contributed by atoms with Crippen molar-refractivity contribution in [3.05, 3.63) is 45.1 Å². The van der Waals surface area contributed by atoms with Crippen LogP contribution in [0.2, 0.25) is 4.34 Å². The predicted molar refractivity (Wildman–Crippen MR) is 80.5 cm³/mol. The Morgan fingerprint density at radius 3 is 3.00 bits per heavy atom. The first kappa shape index (κ1) is 12.5. The molecule has 0 bridgehead atoms. The van der Waals surface area contributed by atoms with Crippen LogP contribution in [-0.2, 0) is 6.42 Å². The Kier molecular flexibility index (Phi) is 3.44. The minimum atomic E-state index is -0.111. The fraction of sp³-hybridized carbons (Fsp3) is 0.214. The fourth-order valence-corrected chi connectivity index (χ4v) is 3.12. The zero-order valence-electron chi connectivity index (χ0n) is 10.2. The highest BCUT2D eigenvalue weighted by atomic mass is 35.5. The molecule has 5 heteroatoms. The topological polar surface area (TPSA) is 41.1 Å². The highest BCUT2D eigenvalue weighted by molar-refractivity contribution is 7.18. The first-order valence-corrected chi connectivity index (χ1v) is 7.35. The number of hydrogen-bond acceptors (Lipinski definition) is 3. The third-order valence-corrected chi connectivity index (χ3v) is 4.33. The van der Waals surface area contributed by atoms with Crippen molar-refractivity contribution < 1.29 is 4.79 Å². The second-order valence-corrected chi connectivity index (χ2v) is 6.18. The lowest BCUT2D eigenvalue weighted by molar-refractivity contribution is 0.103. The zero-order chi connectivity index (χ0) is 13.2. The lowest BCUT2D eigenvalue weighted by Gasteiger charge is -2.18. The quantitative estimate of drug-likeness (QED) is 0.878. The van der Waals surface area contributed by atoms with Gasteiger partial charge in [0, 0.05) is 17.9 Å². The number of fused-ring (bicyclic) bond motifs is 1. The highest BCUT2D eigenvalue weighted by Gasteiger charge is 2.12. The molecule has 2 N–H and O–H groups in total. The molecule has 3 nitrogen and oxygen atoms in total. The van der Waals surface area contributed by atoms with E-state index in [1.807, 2.05) is 18.2 Å². The molecule has 0 fully saturated rings. The van der Waals surface area contributed by atoms with E-state index < -0.39 is 0 Å². The first-order chi connectivity index (χ1) is 9.22. The van der Waals surface area contributed by atoms with Crippen molar-refractivity contribution in [1.29, 1.82) is 0 Å². The number of carbonyl (C=O) groups is 1. The standard InChI is InChI=1S/C14H13ClN2OS/c15-13-6-5-12(19-13)14(18)17-10-3-4-11-9(8-10)2-1-7-16-11/h3-6,8,16H,1-2,7H2,(H,17,18). The molecule has 0 saturated carbocycles. The summed E-state index contributed by atoms with van der Waals surface area (Å²) in [7, 11) is 0. The van der Waals surface area contributed by atoms with E-state index in [1.165, 1.54) is 22.6 Å². The molecule has 1 aromatic heterocycles. The Morgan fingerprint density at radius 1 is 1.32 bits per heavy atom. The van der Waals surface area contributed by atoms with Gasteiger partial charge in [-0.05, 0) is 48.7 Å². The average Bonchev–Trinajstić information content (AvgIpc) is 2.85. The van der Waals surface area contributed by atoms with E-state index in [9.17, 15) is 4.79 Å². The van der Waals surface area contributed by atoms with Crippen molar-refractivity contribution in [3.8, 4) is 0 Å². The maximum absolute atomic E-state index is 12.0. The number of thiophene rings is 1. The Balaban J connectivity index is 1.78. The molecule has 2 heterocycles. The summed E-state index contributed by atoms with van der Waals surface area (Å²) >= 11 is 7.12. The van der Waals surface area contributed by atoms with Gasteiger partial charge in [0.15, 0.2) is 0 Å². The van der Waals surface area contributed by atoms with Crippen molar-refractivity contribution >= 4 is 40.2 Å². The SMILES string of the molecule is O=C(Nc1ccc2c(c1)CCCN2)c1ccc(Cl)s1. The van der Waals surface area contributed by atoms with E-state index in [0.717, 1.165) is 25.1 Å². The van der Waals surface area contributed by atoms with Gasteiger partial charge in [0.05, 0.1) is 9.21 Å². The van der Waals surface area contributed by atoms with Gasteiger partial charge in [-0.25, -0.2) is 0 Å². The largest absolute Gasteiger partial charge is 0.385 e. The van der Waals surface area contributed by atoms with Gasteiger partial charge in [0.2, 0.25) is 0 Å². The lowest BCUT2D eigenvalue weighted by atomic mass is 10.0. The van der Waals surface area contributed by atoms with Crippen molar-refractivity contribution in [2.24, 2.45) is 0 Å². The molecule has 98 valence electrons. The first-order valence-electron chi connectivity index (χ1n) is 6.16. The summed E-state index contributed by atoms with van der Waals surface area (Å²) in [5, 5.41) is 6.26. The van der Waals surface area contributed by atoms with Crippen LogP contribution in [0.15, 0.2) is 30.3 Å². The van der Waals surface area contributed by atoms with Crippen LogP contribution in [0.5, 0.6) is 0 Å². The third kappa shape index (κ3) is 2.74. The summed E-state index contributed by atoms with van der Waals surface area (Å²) in [6.07, 6.45) is 2.18. The number of carbonyl (C=O) groups excluding carboxylic acids is 1. The molecule has 0 unspecified atom stereocenters. The molecule has 1 aromatic carbocycles. The van der Waals surface area contributed by atoms with Crippen LogP contribution < -0.4 is 10.6 Å². The Hall–Kier alpha value is -1.52. The number of benzene rings is 1. The molecule has 0 spiro atoms. The number of anilines is 2. The minimum Gasteiger partial charge on any atom is -0.385 e. The van der Waals surface area contributed by atoms with Crippen molar-refractivity contribution in [2.75, 3.05) is 17.2 Å². The van der Waals surface area contributed by atoms with E-state index in [0.29, 0.717) is 9.21 Å². The second kappa shape index (κ2) is 5.23. The van der Waals surface area contributed by atoms with Gasteiger partial charge in [0.1, 0.15) is 0 Å². The van der Waals surface area contributed by atoms with Crippen molar-refractivity contribution in [3.63, 3.8) is 0 Å². The number of aryl methyl sites for hydroxylation is 1. The summed E-state index contributed by atoms with van der Waals surface area (Å²) in [4.78, 5) is 12.6. The molecule has 3 rings (SSSR count). The summed E-state index contributed by atoms with van der Waals surface area (Å²) in [6.45, 7) is 1.02. The molecule has 1 aliphatic heterocycles. The predicted octanol–water partition coefficient (Wildman–Crippen LogP) is 4.01. The molecule has 0 atom stereocenters. The second-order valence-electron chi connectivity index (χ2n) is 4.46. The van der Waals surface area contributed by atoms with E-state index in [2.05, 4.69) is 10.6 Å². The van der Waals surface area contributed by atoms with Gasteiger partial charge in [-0.3, -0.25) is 4.79 Å². The summed E-state index contributed by atoms with van der Waals surface area (Å²) in [6, 6.07) is 9.45. The van der Waals surface area contributed by atoms with Gasteiger partial charge in [-0.1, -0.05) is 11.6 Å². The van der Waals surface area contributed by atoms with Crippen LogP contribution >= 0.6 is 22.9 Å². The van der Waals surface area contributed by atoms with Crippen LogP contribution in [0.1, 0.15) is 21.7 Å². The molecular weight excluding hydrogens is 280 g/mol. The summed E-state index contributed by atoms with van der Waals surface area (Å²) in [5.74, 6) is -0.111. The maximum Gasteiger partial charge on any atom is 0.265 e. The summed E-state index contributed by atoms with van der Waals surface area (Å²) in [5.41, 5.74) is 3.26. The van der Waals surface area contributed by atoms with E-state index in [-0.39, 0.29) is 5.91 Å². The van der Waals surface area contributed by atoms with Crippen LogP contribution in [0, 0.1) is 0 Å². The average molecular weight is 293 g/mol. The van der Waals surface area contributed by atoms with Crippen LogP contribution in [-0.4, -0.2) is 12.5 Å². The molecule has 2 aromatic rings. The van der Waals surface area contributed by atoms with Gasteiger partial charge in [-0.2, -0.15) is 0 Å². The number of hydrogen-bond donors (Lipinski definition) is 2. The number of rotatable bonds is 2. The third-order valence-electron chi connectivity index (χ3n) is 3.10. The van der Waals surface area contributed by atoms with Crippen molar-refractivity contribution in [2.45, 2.75) is 12.8 Å². The van der Waals surface area contributed by atoms with E-state index in [1.54, 1.807) is 12.1 Å². The molecule has 0 aliphatic carbocycles. The molecule has 0 saturated heterocycles. The molecule has 19 heavy (non-hydrogen) atoms. The maximum atomic E-state index is 12.0. The molecule has 1 aliphatic rings. The van der Waals surface area contributed by atoms with Gasteiger partial charge < -0.3 is 10.6 Å². The fourth-order valence-electron chi connectivity index (χ4n) is 2.18. The van der Waals surface area contributed by atoms with Crippen LogP contribution in [0.3, 0.4) is 0 Å². The van der Waals surface area contributed by atoms with E-state index >= 15 is 0 Å². The van der Waals surface area contributed by atoms with Crippen LogP contribution in [0.4, 0.5) is 11.4 Å². The van der Waals surface area contributed by atoms with Gasteiger partial charge >= 0.3 is 0 Å². The Morgan fingerprint density at radius 2 is 2.21 bits per heavy atom. The number of amides is 1. The lowest BCUT2D eigenvalue weighted by Crippen LogP contribution is -2.14.